The molecule has 0 aliphatic carbocycles. The minimum Gasteiger partial charge on any atom is -0.506 e. The van der Waals surface area contributed by atoms with E-state index < -0.39 is 38.3 Å². The van der Waals surface area contributed by atoms with Crippen LogP contribution in [0, 0.1) is 0 Å². The van der Waals surface area contributed by atoms with Crippen molar-refractivity contribution in [3.8, 4) is 16.9 Å². The minimum atomic E-state index is -4.61. The summed E-state index contributed by atoms with van der Waals surface area (Å²) in [4.78, 5) is 12.2. The van der Waals surface area contributed by atoms with Gasteiger partial charge in [-0.2, -0.15) is 13.2 Å². The highest BCUT2D eigenvalue weighted by atomic mass is 32.2. The summed E-state index contributed by atoms with van der Waals surface area (Å²) < 4.78 is 65.6. The second-order valence-corrected chi connectivity index (χ2v) is 9.44. The molecule has 0 spiro atoms. The SMILES string of the molecule is O=C(Nc1ccc(O)c(NS(=O)(=O)c2ccc(C(F)(F)F)cc2)c1)c1ccc(-c2ccccc2)cc1. The molecule has 0 aromatic heterocycles. The molecular weight excluding hydrogens is 493 g/mol. The molecule has 0 radical (unpaired) electrons. The summed E-state index contributed by atoms with van der Waals surface area (Å²) in [5.74, 6) is -0.896. The Hall–Kier alpha value is -4.31. The molecule has 0 aliphatic heterocycles. The molecule has 0 atom stereocenters. The fourth-order valence-corrected chi connectivity index (χ4v) is 4.44. The number of anilines is 2. The molecule has 0 saturated heterocycles. The topological polar surface area (TPSA) is 95.5 Å². The van der Waals surface area contributed by atoms with E-state index in [2.05, 4.69) is 10.0 Å². The molecular formula is C26H19F3N2O4S. The van der Waals surface area contributed by atoms with Crippen molar-refractivity contribution >= 4 is 27.3 Å². The number of carbonyl (C=O) groups excluding carboxylic acids is 1. The van der Waals surface area contributed by atoms with Gasteiger partial charge >= 0.3 is 6.18 Å². The van der Waals surface area contributed by atoms with Crippen LogP contribution in [0.3, 0.4) is 0 Å². The lowest BCUT2D eigenvalue weighted by molar-refractivity contribution is -0.137. The maximum absolute atomic E-state index is 12.8. The highest BCUT2D eigenvalue weighted by molar-refractivity contribution is 7.92. The second-order valence-electron chi connectivity index (χ2n) is 7.76. The first-order valence-electron chi connectivity index (χ1n) is 10.5. The van der Waals surface area contributed by atoms with Gasteiger partial charge in [-0.15, -0.1) is 0 Å². The molecule has 10 heteroatoms. The predicted octanol–water partition coefficient (Wildman–Crippen LogP) is 6.13. The third-order valence-electron chi connectivity index (χ3n) is 5.24. The van der Waals surface area contributed by atoms with Gasteiger partial charge in [-0.25, -0.2) is 8.42 Å². The van der Waals surface area contributed by atoms with Gasteiger partial charge in [0, 0.05) is 11.3 Å². The number of benzene rings is 4. The molecule has 6 nitrogen and oxygen atoms in total. The van der Waals surface area contributed by atoms with Gasteiger partial charge < -0.3 is 10.4 Å². The van der Waals surface area contributed by atoms with E-state index >= 15 is 0 Å². The largest absolute Gasteiger partial charge is 0.506 e. The van der Waals surface area contributed by atoms with Crippen LogP contribution in [0.2, 0.25) is 0 Å². The van der Waals surface area contributed by atoms with Gasteiger partial charge in [0.05, 0.1) is 16.1 Å². The third kappa shape index (κ3) is 5.66. The van der Waals surface area contributed by atoms with Crippen molar-refractivity contribution in [2.45, 2.75) is 11.1 Å². The molecule has 36 heavy (non-hydrogen) atoms. The van der Waals surface area contributed by atoms with Crippen LogP contribution in [0.1, 0.15) is 15.9 Å². The second kappa shape index (κ2) is 9.74. The lowest BCUT2D eigenvalue weighted by Gasteiger charge is -2.13. The Morgan fingerprint density at radius 3 is 2.00 bits per heavy atom. The van der Waals surface area contributed by atoms with E-state index in [4.69, 9.17) is 0 Å². The van der Waals surface area contributed by atoms with Crippen LogP contribution >= 0.6 is 0 Å². The number of aromatic hydroxyl groups is 1. The van der Waals surface area contributed by atoms with Crippen molar-refractivity contribution in [3.63, 3.8) is 0 Å². The lowest BCUT2D eigenvalue weighted by Crippen LogP contribution is -2.15. The number of hydrogen-bond donors (Lipinski definition) is 3. The maximum atomic E-state index is 12.8. The zero-order chi connectivity index (χ0) is 25.9. The van der Waals surface area contributed by atoms with E-state index in [-0.39, 0.29) is 11.4 Å². The monoisotopic (exact) mass is 512 g/mol. The molecule has 0 unspecified atom stereocenters. The predicted molar refractivity (Wildman–Crippen MR) is 130 cm³/mol. The summed E-state index contributed by atoms with van der Waals surface area (Å²) in [5, 5.41) is 12.7. The standard InChI is InChI=1S/C26H19F3N2O4S/c27-26(28,29)20-10-13-22(14-11-20)36(34,35)31-23-16-21(12-15-24(23)32)30-25(33)19-8-6-18(7-9-19)17-4-2-1-3-5-17/h1-16,31-32H,(H,30,33). The van der Waals surface area contributed by atoms with Crippen molar-refractivity contribution in [2.24, 2.45) is 0 Å². The smallest absolute Gasteiger partial charge is 0.416 e. The Labute approximate surface area is 205 Å². The normalized spacial score (nSPS) is 11.6. The maximum Gasteiger partial charge on any atom is 0.416 e. The molecule has 0 heterocycles. The van der Waals surface area contributed by atoms with Crippen molar-refractivity contribution in [2.75, 3.05) is 10.0 Å². The average Bonchev–Trinajstić information content (AvgIpc) is 2.86. The quantitative estimate of drug-likeness (QED) is 0.214. The zero-order valence-electron chi connectivity index (χ0n) is 18.5. The van der Waals surface area contributed by atoms with Gasteiger partial charge in [0.15, 0.2) is 0 Å². The summed E-state index contributed by atoms with van der Waals surface area (Å²) >= 11 is 0. The van der Waals surface area contributed by atoms with Crippen molar-refractivity contribution in [1.82, 2.24) is 0 Å². The average molecular weight is 513 g/mol. The third-order valence-corrected chi connectivity index (χ3v) is 6.63. The Morgan fingerprint density at radius 1 is 0.778 bits per heavy atom. The number of phenols is 1. The first kappa shape index (κ1) is 24.8. The van der Waals surface area contributed by atoms with E-state index in [1.807, 2.05) is 30.3 Å². The van der Waals surface area contributed by atoms with Crippen LogP contribution in [0.15, 0.2) is 102 Å². The fraction of sp³-hybridized carbons (Fsp3) is 0.0385. The van der Waals surface area contributed by atoms with Crippen molar-refractivity contribution in [3.05, 3.63) is 108 Å². The molecule has 0 aliphatic rings. The van der Waals surface area contributed by atoms with Gasteiger partial charge in [0.25, 0.3) is 15.9 Å². The Morgan fingerprint density at radius 2 is 1.39 bits per heavy atom. The lowest BCUT2D eigenvalue weighted by atomic mass is 10.0. The molecule has 4 rings (SSSR count). The van der Waals surface area contributed by atoms with Gasteiger partial charge in [-0.1, -0.05) is 42.5 Å². The van der Waals surface area contributed by atoms with Gasteiger partial charge in [-0.3, -0.25) is 9.52 Å². The highest BCUT2D eigenvalue weighted by Gasteiger charge is 2.30. The summed E-state index contributed by atoms with van der Waals surface area (Å²) in [5.41, 5.74) is 1.22. The molecule has 4 aromatic carbocycles. The Bertz CT molecular complexity index is 1490. The van der Waals surface area contributed by atoms with Crippen LogP contribution in [0.5, 0.6) is 5.75 Å². The van der Waals surface area contributed by atoms with E-state index in [0.717, 1.165) is 23.3 Å². The van der Waals surface area contributed by atoms with Crippen molar-refractivity contribution < 1.29 is 31.5 Å². The fourth-order valence-electron chi connectivity index (χ4n) is 3.37. The van der Waals surface area contributed by atoms with E-state index in [0.29, 0.717) is 17.7 Å². The number of amides is 1. The molecule has 184 valence electrons. The number of rotatable bonds is 6. The summed E-state index contributed by atoms with van der Waals surface area (Å²) in [6.45, 7) is 0. The molecule has 1 amide bonds. The number of halogens is 3. The van der Waals surface area contributed by atoms with Gasteiger partial charge in [-0.05, 0) is 65.7 Å². The summed E-state index contributed by atoms with van der Waals surface area (Å²) in [6, 6.07) is 23.2. The summed E-state index contributed by atoms with van der Waals surface area (Å²) in [7, 11) is -4.32. The van der Waals surface area contributed by atoms with Gasteiger partial charge in [0.2, 0.25) is 0 Å². The Balaban J connectivity index is 1.49. The number of carbonyl (C=O) groups is 1. The van der Waals surface area contributed by atoms with Crippen LogP contribution < -0.4 is 10.0 Å². The number of sulfonamides is 1. The van der Waals surface area contributed by atoms with E-state index in [1.165, 1.54) is 18.2 Å². The zero-order valence-corrected chi connectivity index (χ0v) is 19.3. The molecule has 0 fully saturated rings. The van der Waals surface area contributed by atoms with Gasteiger partial charge in [0.1, 0.15) is 5.75 Å². The highest BCUT2D eigenvalue weighted by Crippen LogP contribution is 2.32. The van der Waals surface area contributed by atoms with Crippen LogP contribution in [0.4, 0.5) is 24.5 Å². The minimum absolute atomic E-state index is 0.190. The molecule has 3 N–H and O–H groups in total. The Kier molecular flexibility index (Phi) is 6.71. The van der Waals surface area contributed by atoms with Crippen LogP contribution in [-0.2, 0) is 16.2 Å². The van der Waals surface area contributed by atoms with Crippen molar-refractivity contribution in [1.29, 1.82) is 0 Å². The number of alkyl halides is 3. The molecule has 0 bridgehead atoms. The van der Waals surface area contributed by atoms with E-state index in [1.54, 1.807) is 24.3 Å². The first-order chi connectivity index (χ1) is 17.0. The van der Waals surface area contributed by atoms with Crippen LogP contribution in [-0.4, -0.2) is 19.4 Å². The number of nitrogens with one attached hydrogen (secondary N) is 2. The van der Waals surface area contributed by atoms with Crippen LogP contribution in [0.25, 0.3) is 11.1 Å². The van der Waals surface area contributed by atoms with E-state index in [9.17, 15) is 31.5 Å². The molecule has 0 saturated carbocycles. The molecule has 4 aromatic rings. The number of phenolic OH excluding ortho intramolecular Hbond substituents is 1. The first-order valence-corrected chi connectivity index (χ1v) is 12.0. The number of hydrogen-bond acceptors (Lipinski definition) is 4. The summed E-state index contributed by atoms with van der Waals surface area (Å²) in [6.07, 6.45) is -4.61.